The molecule has 0 saturated carbocycles. The van der Waals surface area contributed by atoms with Crippen molar-refractivity contribution in [2.75, 3.05) is 6.61 Å². The zero-order chi connectivity index (χ0) is 13.4. The summed E-state index contributed by atoms with van der Waals surface area (Å²) in [5.74, 6) is -0.988. The van der Waals surface area contributed by atoms with Crippen LogP contribution in [0.15, 0.2) is 34.8 Å². The van der Waals surface area contributed by atoms with Gasteiger partial charge in [0.1, 0.15) is 5.71 Å². The van der Waals surface area contributed by atoms with Crippen LogP contribution in [0.4, 0.5) is 0 Å². The number of ether oxygens (including phenoxy) is 1. The normalized spacial score (nSPS) is 11.6. The van der Waals surface area contributed by atoms with Gasteiger partial charge in [0.25, 0.3) is 0 Å². The van der Waals surface area contributed by atoms with Crippen LogP contribution in [0.3, 0.4) is 0 Å². The van der Waals surface area contributed by atoms with Crippen molar-refractivity contribution in [2.45, 2.75) is 13.8 Å². The van der Waals surface area contributed by atoms with E-state index < -0.39 is 11.9 Å². The Morgan fingerprint density at radius 1 is 1.44 bits per heavy atom. The monoisotopic (exact) mass is 267 g/mol. The molecular weight excluding hydrogens is 254 g/mol. The van der Waals surface area contributed by atoms with Crippen LogP contribution >= 0.6 is 11.3 Å². The quantitative estimate of drug-likeness (QED) is 0.269. The number of hydrogen-bond acceptors (Lipinski definition) is 6. The molecule has 0 saturated heterocycles. The van der Waals surface area contributed by atoms with E-state index in [0.29, 0.717) is 12.3 Å². The first-order valence-electron chi connectivity index (χ1n) is 5.27. The van der Waals surface area contributed by atoms with Crippen LogP contribution in [0, 0.1) is 0 Å². The van der Waals surface area contributed by atoms with Crippen LogP contribution in [0.1, 0.15) is 18.7 Å². The van der Waals surface area contributed by atoms with Crippen LogP contribution in [-0.4, -0.2) is 24.3 Å². The number of carbonyl (C=O) groups is 2. The van der Waals surface area contributed by atoms with Gasteiger partial charge in [-0.1, -0.05) is 11.2 Å². The summed E-state index contributed by atoms with van der Waals surface area (Å²) in [4.78, 5) is 27.3. The average Bonchev–Trinajstić information content (AvgIpc) is 2.82. The van der Waals surface area contributed by atoms with Crippen molar-refractivity contribution in [2.24, 2.45) is 5.16 Å². The number of allylic oxidation sites excluding steroid dienone is 1. The molecule has 6 heteroatoms. The minimum Gasteiger partial charge on any atom is -0.463 e. The second-order valence-corrected chi connectivity index (χ2v) is 4.07. The van der Waals surface area contributed by atoms with Crippen LogP contribution in [0.2, 0.25) is 0 Å². The summed E-state index contributed by atoms with van der Waals surface area (Å²) >= 11 is 1.42. The SMILES string of the molecule is CCOC(=O)/C=C/C(=N\OC(C)=O)c1cccs1. The van der Waals surface area contributed by atoms with Crippen LogP contribution < -0.4 is 0 Å². The number of carbonyl (C=O) groups excluding carboxylic acids is 2. The number of hydrogen-bond donors (Lipinski definition) is 0. The molecule has 0 aliphatic carbocycles. The Hall–Kier alpha value is -1.95. The highest BCUT2D eigenvalue weighted by atomic mass is 32.1. The number of esters is 1. The molecule has 1 rings (SSSR count). The summed E-state index contributed by atoms with van der Waals surface area (Å²) in [5, 5.41) is 5.54. The van der Waals surface area contributed by atoms with Gasteiger partial charge in [0.2, 0.25) is 0 Å². The lowest BCUT2D eigenvalue weighted by Gasteiger charge is -1.98. The van der Waals surface area contributed by atoms with Gasteiger partial charge in [-0.2, -0.15) is 0 Å². The van der Waals surface area contributed by atoms with Crippen molar-refractivity contribution >= 4 is 29.0 Å². The lowest BCUT2D eigenvalue weighted by molar-refractivity contribution is -0.141. The molecule has 0 fully saturated rings. The van der Waals surface area contributed by atoms with E-state index in [1.807, 2.05) is 17.5 Å². The Kier molecular flexibility index (Phi) is 5.79. The maximum absolute atomic E-state index is 11.2. The average molecular weight is 267 g/mol. The Morgan fingerprint density at radius 3 is 2.78 bits per heavy atom. The fourth-order valence-electron chi connectivity index (χ4n) is 1.03. The summed E-state index contributed by atoms with van der Waals surface area (Å²) in [6, 6.07) is 3.64. The number of rotatable bonds is 5. The van der Waals surface area contributed by atoms with Gasteiger partial charge in [0, 0.05) is 13.0 Å². The lowest BCUT2D eigenvalue weighted by Crippen LogP contribution is -2.03. The molecule has 0 atom stereocenters. The van der Waals surface area contributed by atoms with Crippen molar-refractivity contribution in [3.05, 3.63) is 34.5 Å². The molecule has 0 radical (unpaired) electrons. The third-order valence-electron chi connectivity index (χ3n) is 1.71. The zero-order valence-electron chi connectivity index (χ0n) is 10.1. The predicted molar refractivity (Wildman–Crippen MR) is 68.4 cm³/mol. The highest BCUT2D eigenvalue weighted by Gasteiger charge is 2.04. The predicted octanol–water partition coefficient (Wildman–Crippen LogP) is 2.13. The third kappa shape index (κ3) is 4.92. The zero-order valence-corrected chi connectivity index (χ0v) is 10.9. The van der Waals surface area contributed by atoms with E-state index in [0.717, 1.165) is 4.88 Å². The fourth-order valence-corrected chi connectivity index (χ4v) is 1.72. The van der Waals surface area contributed by atoms with Crippen LogP contribution in [0.25, 0.3) is 0 Å². The molecule has 0 aliphatic heterocycles. The lowest BCUT2D eigenvalue weighted by atomic mass is 10.3. The summed E-state index contributed by atoms with van der Waals surface area (Å²) < 4.78 is 4.75. The molecule has 1 aromatic rings. The van der Waals surface area contributed by atoms with E-state index in [4.69, 9.17) is 4.74 Å². The fraction of sp³-hybridized carbons (Fsp3) is 0.250. The smallest absolute Gasteiger partial charge is 0.332 e. The van der Waals surface area contributed by atoms with Crippen LogP contribution in [-0.2, 0) is 19.2 Å². The van der Waals surface area contributed by atoms with Gasteiger partial charge in [-0.3, -0.25) is 0 Å². The van der Waals surface area contributed by atoms with Gasteiger partial charge in [-0.25, -0.2) is 9.59 Å². The number of nitrogens with zero attached hydrogens (tertiary/aromatic N) is 1. The molecule has 0 spiro atoms. The second kappa shape index (κ2) is 7.39. The molecular formula is C12H13NO4S. The van der Waals surface area contributed by atoms with Gasteiger partial charge < -0.3 is 9.57 Å². The summed E-state index contributed by atoms with van der Waals surface area (Å²) in [5.41, 5.74) is 0.397. The minimum atomic E-state index is -0.520. The third-order valence-corrected chi connectivity index (χ3v) is 2.60. The van der Waals surface area contributed by atoms with E-state index in [-0.39, 0.29) is 0 Å². The van der Waals surface area contributed by atoms with Crippen molar-refractivity contribution in [3.63, 3.8) is 0 Å². The molecule has 96 valence electrons. The molecule has 0 aromatic carbocycles. The Labute approximate surface area is 109 Å². The topological polar surface area (TPSA) is 65.0 Å². The summed E-state index contributed by atoms with van der Waals surface area (Å²) in [6.45, 7) is 3.28. The second-order valence-electron chi connectivity index (χ2n) is 3.12. The van der Waals surface area contributed by atoms with Crippen molar-refractivity contribution in [1.29, 1.82) is 0 Å². The van der Waals surface area contributed by atoms with Crippen molar-refractivity contribution in [3.8, 4) is 0 Å². The standard InChI is InChI=1S/C12H13NO4S/c1-3-16-12(15)7-6-10(13-17-9(2)14)11-5-4-8-18-11/h4-8H,3H2,1-2H3/b7-6+,13-10+. The molecule has 0 N–H and O–H groups in total. The van der Waals surface area contributed by atoms with Gasteiger partial charge in [-0.15, -0.1) is 11.3 Å². The highest BCUT2D eigenvalue weighted by Crippen LogP contribution is 2.11. The van der Waals surface area contributed by atoms with Crippen molar-refractivity contribution in [1.82, 2.24) is 0 Å². The van der Waals surface area contributed by atoms with E-state index in [2.05, 4.69) is 9.99 Å². The first kappa shape index (κ1) is 14.1. The maximum Gasteiger partial charge on any atom is 0.332 e. The van der Waals surface area contributed by atoms with Crippen LogP contribution in [0.5, 0.6) is 0 Å². The van der Waals surface area contributed by atoms with Gasteiger partial charge >= 0.3 is 11.9 Å². The Bertz CT molecular complexity index is 462. The van der Waals surface area contributed by atoms with Crippen molar-refractivity contribution < 1.29 is 19.2 Å². The first-order valence-corrected chi connectivity index (χ1v) is 6.15. The first-order chi connectivity index (χ1) is 8.63. The summed E-state index contributed by atoms with van der Waals surface area (Å²) in [6.07, 6.45) is 2.69. The Balaban J connectivity index is 2.82. The molecule has 1 heterocycles. The Morgan fingerprint density at radius 2 is 2.22 bits per heavy atom. The highest BCUT2D eigenvalue weighted by molar-refractivity contribution is 7.12. The molecule has 0 amide bonds. The van der Waals surface area contributed by atoms with Gasteiger partial charge in [0.05, 0.1) is 11.5 Å². The molecule has 18 heavy (non-hydrogen) atoms. The molecule has 0 bridgehead atoms. The molecule has 0 unspecified atom stereocenters. The van der Waals surface area contributed by atoms with E-state index in [9.17, 15) is 9.59 Å². The number of oxime groups is 1. The number of thiophene rings is 1. The van der Waals surface area contributed by atoms with E-state index in [1.54, 1.807) is 6.92 Å². The summed E-state index contributed by atoms with van der Waals surface area (Å²) in [7, 11) is 0. The molecule has 1 aromatic heterocycles. The largest absolute Gasteiger partial charge is 0.463 e. The van der Waals surface area contributed by atoms with Gasteiger partial charge in [-0.05, 0) is 24.4 Å². The molecule has 5 nitrogen and oxygen atoms in total. The van der Waals surface area contributed by atoms with E-state index >= 15 is 0 Å². The van der Waals surface area contributed by atoms with E-state index in [1.165, 1.54) is 30.4 Å². The maximum atomic E-state index is 11.2. The minimum absolute atomic E-state index is 0.304. The van der Waals surface area contributed by atoms with Gasteiger partial charge in [0.15, 0.2) is 0 Å². The molecule has 0 aliphatic rings.